The van der Waals surface area contributed by atoms with Crippen LogP contribution in [0.15, 0.2) is 48.5 Å². The lowest BCUT2D eigenvalue weighted by Crippen LogP contribution is -2.12. The Morgan fingerprint density at radius 1 is 0.952 bits per heavy atom. The number of carbonyl (C=O) groups excluding carboxylic acids is 2. The van der Waals surface area contributed by atoms with Crippen molar-refractivity contribution in [3.8, 4) is 5.75 Å². The molecule has 21 heavy (non-hydrogen) atoms. The van der Waals surface area contributed by atoms with Crippen molar-refractivity contribution in [1.82, 2.24) is 0 Å². The maximum absolute atomic E-state index is 12.1. The monoisotopic (exact) mass is 284 g/mol. The molecule has 0 N–H and O–H groups in total. The Labute approximate surface area is 123 Å². The van der Waals surface area contributed by atoms with Crippen molar-refractivity contribution in [2.45, 2.75) is 13.3 Å². The first-order valence-corrected chi connectivity index (χ1v) is 6.64. The third-order valence-corrected chi connectivity index (χ3v) is 3.09. The lowest BCUT2D eigenvalue weighted by molar-refractivity contribution is 0.0593. The average molecular weight is 284 g/mol. The minimum atomic E-state index is -0.542. The number of methoxy groups -OCH3 is 1. The zero-order valence-corrected chi connectivity index (χ0v) is 12.0. The normalized spacial score (nSPS) is 10.0. The molecule has 2 rings (SSSR count). The molecule has 0 radical (unpaired) electrons. The van der Waals surface area contributed by atoms with Gasteiger partial charge in [-0.15, -0.1) is 0 Å². The van der Waals surface area contributed by atoms with Crippen molar-refractivity contribution < 1.29 is 19.1 Å². The van der Waals surface area contributed by atoms with Crippen LogP contribution in [0.1, 0.15) is 33.2 Å². The topological polar surface area (TPSA) is 52.6 Å². The van der Waals surface area contributed by atoms with Gasteiger partial charge in [0.05, 0.1) is 12.7 Å². The lowest BCUT2D eigenvalue weighted by Gasteiger charge is -2.08. The zero-order chi connectivity index (χ0) is 15.2. The van der Waals surface area contributed by atoms with Crippen LogP contribution in [0.25, 0.3) is 0 Å². The highest BCUT2D eigenvalue weighted by atomic mass is 16.5. The van der Waals surface area contributed by atoms with E-state index >= 15 is 0 Å². The van der Waals surface area contributed by atoms with Crippen LogP contribution in [0.2, 0.25) is 0 Å². The maximum atomic E-state index is 12.1. The molecule has 4 heteroatoms. The second-order valence-corrected chi connectivity index (χ2v) is 4.43. The molecule has 0 aliphatic heterocycles. The summed E-state index contributed by atoms with van der Waals surface area (Å²) in [7, 11) is 1.28. The quantitative estimate of drug-likeness (QED) is 0.639. The fourth-order valence-electron chi connectivity index (χ4n) is 1.87. The molecule has 0 unspecified atom stereocenters. The number of hydrogen-bond acceptors (Lipinski definition) is 4. The molecule has 0 saturated heterocycles. The van der Waals surface area contributed by atoms with Crippen molar-refractivity contribution in [3.63, 3.8) is 0 Å². The van der Waals surface area contributed by atoms with E-state index in [2.05, 4.69) is 4.74 Å². The smallest absolute Gasteiger partial charge is 0.343 e. The van der Waals surface area contributed by atoms with E-state index in [0.29, 0.717) is 5.56 Å². The van der Waals surface area contributed by atoms with Gasteiger partial charge in [-0.25, -0.2) is 9.59 Å². The summed E-state index contributed by atoms with van der Waals surface area (Å²) in [4.78, 5) is 23.7. The summed E-state index contributed by atoms with van der Waals surface area (Å²) in [6.07, 6.45) is 0.903. The van der Waals surface area contributed by atoms with E-state index in [4.69, 9.17) is 4.74 Å². The van der Waals surface area contributed by atoms with Gasteiger partial charge in [0, 0.05) is 0 Å². The second kappa shape index (κ2) is 6.70. The minimum absolute atomic E-state index is 0.189. The Morgan fingerprint density at radius 3 is 2.24 bits per heavy atom. The standard InChI is InChI=1S/C17H16O4/c1-3-12-8-10-13(11-9-12)16(18)21-15-7-5-4-6-14(15)17(19)20-2/h4-11H,3H2,1-2H3. The molecule has 0 saturated carbocycles. The summed E-state index contributed by atoms with van der Waals surface area (Å²) in [6.45, 7) is 2.04. The first kappa shape index (κ1) is 14.8. The highest BCUT2D eigenvalue weighted by Gasteiger charge is 2.16. The Balaban J connectivity index is 2.21. The van der Waals surface area contributed by atoms with E-state index in [1.54, 1.807) is 36.4 Å². The van der Waals surface area contributed by atoms with Crippen molar-refractivity contribution in [1.29, 1.82) is 0 Å². The maximum Gasteiger partial charge on any atom is 0.343 e. The fourth-order valence-corrected chi connectivity index (χ4v) is 1.87. The Kier molecular flexibility index (Phi) is 4.72. The molecule has 0 amide bonds. The number of hydrogen-bond donors (Lipinski definition) is 0. The van der Waals surface area contributed by atoms with Gasteiger partial charge in [0.25, 0.3) is 0 Å². The van der Waals surface area contributed by atoms with Gasteiger partial charge in [0.1, 0.15) is 11.3 Å². The summed E-state index contributed by atoms with van der Waals surface area (Å²) in [5.41, 5.74) is 1.80. The summed E-state index contributed by atoms with van der Waals surface area (Å²) in [5, 5.41) is 0. The molecule has 0 aromatic heterocycles. The SMILES string of the molecule is CCc1ccc(C(=O)Oc2ccccc2C(=O)OC)cc1. The number of esters is 2. The van der Waals surface area contributed by atoms with Crippen LogP contribution < -0.4 is 4.74 Å². The van der Waals surface area contributed by atoms with Crippen LogP contribution in [0.3, 0.4) is 0 Å². The van der Waals surface area contributed by atoms with Gasteiger partial charge in [-0.2, -0.15) is 0 Å². The Hall–Kier alpha value is -2.62. The molecule has 0 aliphatic carbocycles. The molecular formula is C17H16O4. The molecule has 0 fully saturated rings. The van der Waals surface area contributed by atoms with E-state index in [1.807, 2.05) is 19.1 Å². The second-order valence-electron chi connectivity index (χ2n) is 4.43. The van der Waals surface area contributed by atoms with Gasteiger partial charge in [-0.3, -0.25) is 0 Å². The number of carbonyl (C=O) groups is 2. The summed E-state index contributed by atoms with van der Waals surface area (Å²) >= 11 is 0. The molecule has 108 valence electrons. The Bertz CT molecular complexity index is 644. The van der Waals surface area contributed by atoms with Crippen LogP contribution in [-0.4, -0.2) is 19.0 Å². The highest BCUT2D eigenvalue weighted by molar-refractivity contribution is 5.96. The molecule has 0 aliphatic rings. The van der Waals surface area contributed by atoms with E-state index < -0.39 is 11.9 Å². The van der Waals surface area contributed by atoms with Gasteiger partial charge in [-0.1, -0.05) is 31.2 Å². The van der Waals surface area contributed by atoms with Crippen molar-refractivity contribution in [2.75, 3.05) is 7.11 Å². The molecule has 0 spiro atoms. The van der Waals surface area contributed by atoms with E-state index in [0.717, 1.165) is 12.0 Å². The van der Waals surface area contributed by atoms with Crippen LogP contribution in [0, 0.1) is 0 Å². The largest absolute Gasteiger partial charge is 0.465 e. The molecule has 2 aromatic carbocycles. The van der Waals surface area contributed by atoms with E-state index in [9.17, 15) is 9.59 Å². The Morgan fingerprint density at radius 2 is 1.62 bits per heavy atom. The third kappa shape index (κ3) is 3.48. The summed E-state index contributed by atoms with van der Waals surface area (Å²) < 4.78 is 9.95. The molecule has 0 bridgehead atoms. The van der Waals surface area contributed by atoms with Crippen LogP contribution in [0.5, 0.6) is 5.75 Å². The first-order valence-electron chi connectivity index (χ1n) is 6.64. The van der Waals surface area contributed by atoms with Gasteiger partial charge in [0.2, 0.25) is 0 Å². The number of para-hydroxylation sites is 1. The van der Waals surface area contributed by atoms with Crippen molar-refractivity contribution in [2.24, 2.45) is 0 Å². The van der Waals surface area contributed by atoms with Crippen molar-refractivity contribution in [3.05, 3.63) is 65.2 Å². The number of aryl methyl sites for hydroxylation is 1. The van der Waals surface area contributed by atoms with E-state index in [1.165, 1.54) is 7.11 Å². The number of ether oxygens (including phenoxy) is 2. The van der Waals surface area contributed by atoms with Gasteiger partial charge < -0.3 is 9.47 Å². The fraction of sp³-hybridized carbons (Fsp3) is 0.176. The molecule has 0 heterocycles. The number of benzene rings is 2. The zero-order valence-electron chi connectivity index (χ0n) is 12.0. The summed E-state index contributed by atoms with van der Waals surface area (Å²) in [6, 6.07) is 13.7. The molecule has 4 nitrogen and oxygen atoms in total. The summed E-state index contributed by atoms with van der Waals surface area (Å²) in [5.74, 6) is -0.859. The van der Waals surface area contributed by atoms with Crippen LogP contribution in [-0.2, 0) is 11.2 Å². The van der Waals surface area contributed by atoms with Crippen molar-refractivity contribution >= 4 is 11.9 Å². The molecular weight excluding hydrogens is 268 g/mol. The first-order chi connectivity index (χ1) is 10.2. The third-order valence-electron chi connectivity index (χ3n) is 3.09. The highest BCUT2D eigenvalue weighted by Crippen LogP contribution is 2.20. The predicted molar refractivity (Wildman–Crippen MR) is 78.6 cm³/mol. The van der Waals surface area contributed by atoms with Gasteiger partial charge >= 0.3 is 11.9 Å². The number of rotatable bonds is 4. The molecule has 0 atom stereocenters. The van der Waals surface area contributed by atoms with Crippen LogP contribution in [0.4, 0.5) is 0 Å². The minimum Gasteiger partial charge on any atom is -0.465 e. The van der Waals surface area contributed by atoms with Gasteiger partial charge in [0.15, 0.2) is 0 Å². The van der Waals surface area contributed by atoms with E-state index in [-0.39, 0.29) is 11.3 Å². The van der Waals surface area contributed by atoms with Gasteiger partial charge in [-0.05, 0) is 36.2 Å². The lowest BCUT2D eigenvalue weighted by atomic mass is 10.1. The predicted octanol–water partition coefficient (Wildman–Crippen LogP) is 3.25. The van der Waals surface area contributed by atoms with Crippen LogP contribution >= 0.6 is 0 Å². The molecule has 2 aromatic rings. The average Bonchev–Trinajstić information content (AvgIpc) is 2.54.